The summed E-state index contributed by atoms with van der Waals surface area (Å²) in [5.41, 5.74) is 6.41. The maximum Gasteiger partial charge on any atom is 0.119 e. The molecule has 0 saturated carbocycles. The number of hydrogen-bond donors (Lipinski definition) is 0. The molecule has 0 aliphatic rings. The van der Waals surface area contributed by atoms with Crippen molar-refractivity contribution in [2.24, 2.45) is 11.3 Å². The van der Waals surface area contributed by atoms with Crippen molar-refractivity contribution in [1.29, 1.82) is 0 Å². The summed E-state index contributed by atoms with van der Waals surface area (Å²) in [5.74, 6) is 1.49. The second-order valence-electron chi connectivity index (χ2n) is 10.1. The number of aromatic nitrogens is 2. The monoisotopic (exact) mass is 408 g/mol. The van der Waals surface area contributed by atoms with Crippen molar-refractivity contribution in [2.75, 3.05) is 6.61 Å². The van der Waals surface area contributed by atoms with E-state index in [0.29, 0.717) is 17.9 Å². The highest BCUT2D eigenvalue weighted by molar-refractivity contribution is 5.52. The van der Waals surface area contributed by atoms with Crippen molar-refractivity contribution in [3.63, 3.8) is 0 Å². The zero-order chi connectivity index (χ0) is 22.5. The third kappa shape index (κ3) is 6.68. The van der Waals surface area contributed by atoms with E-state index in [1.165, 1.54) is 33.6 Å². The molecular weight excluding hydrogens is 368 g/mol. The Kier molecular flexibility index (Phi) is 8.23. The van der Waals surface area contributed by atoms with Gasteiger partial charge in [0, 0.05) is 10.4 Å². The van der Waals surface area contributed by atoms with Crippen molar-refractivity contribution in [2.45, 2.75) is 81.6 Å². The zero-order valence-electron chi connectivity index (χ0n) is 20.5. The molecule has 2 rings (SSSR count). The van der Waals surface area contributed by atoms with Crippen LogP contribution in [0.2, 0.25) is 0 Å². The summed E-state index contributed by atoms with van der Waals surface area (Å²) in [6.45, 7) is 20.7. The van der Waals surface area contributed by atoms with Gasteiger partial charge < -0.3 is 4.74 Å². The van der Waals surface area contributed by atoms with Gasteiger partial charge in [0.25, 0.3) is 0 Å². The first kappa shape index (κ1) is 24.1. The topological polar surface area (TPSA) is 35.0 Å². The average molecular weight is 409 g/mol. The first-order valence-corrected chi connectivity index (χ1v) is 11.2. The van der Waals surface area contributed by atoms with Gasteiger partial charge in [0.15, 0.2) is 0 Å². The Labute approximate surface area is 183 Å². The van der Waals surface area contributed by atoms with Gasteiger partial charge in [-0.2, -0.15) is 10.2 Å². The van der Waals surface area contributed by atoms with Crippen LogP contribution in [0, 0.1) is 18.3 Å². The van der Waals surface area contributed by atoms with Crippen LogP contribution in [0.1, 0.15) is 78.8 Å². The van der Waals surface area contributed by atoms with E-state index in [1.54, 1.807) is 0 Å². The van der Waals surface area contributed by atoms with Crippen LogP contribution < -0.4 is 15.2 Å². The van der Waals surface area contributed by atoms with Gasteiger partial charge in [0.1, 0.15) is 5.75 Å². The number of ether oxygens (including phenoxy) is 1. The molecule has 1 heterocycles. The number of rotatable bonds is 7. The molecule has 164 valence electrons. The van der Waals surface area contributed by atoms with Crippen LogP contribution in [-0.2, 0) is 12.8 Å². The summed E-state index contributed by atoms with van der Waals surface area (Å²) in [7, 11) is 0. The second kappa shape index (κ2) is 10.2. The molecule has 0 aliphatic heterocycles. The predicted molar refractivity (Wildman–Crippen MR) is 128 cm³/mol. The van der Waals surface area contributed by atoms with Crippen molar-refractivity contribution in [3.8, 4) is 5.75 Å². The Morgan fingerprint density at radius 1 is 1.00 bits per heavy atom. The fraction of sp³-hybridized carbons (Fsp3) is 0.556. The highest BCUT2D eigenvalue weighted by atomic mass is 16.5. The molecule has 30 heavy (non-hydrogen) atoms. The Morgan fingerprint density at radius 2 is 1.63 bits per heavy atom. The minimum absolute atomic E-state index is 0.321. The van der Waals surface area contributed by atoms with E-state index in [1.807, 2.05) is 6.92 Å². The average Bonchev–Trinajstić information content (AvgIpc) is 2.62. The Hall–Kier alpha value is -2.16. The lowest BCUT2D eigenvalue weighted by Crippen LogP contribution is -2.38. The standard InChI is InChI=1S/C27H40N2O/c1-10-30-23-13-11-22(12-14-23)16-20(5)26-21(6)28-29-24(25(26)18(2)3)15-19(4)17-27(7,8)9/h11-14,19H,10,15-17H2,1-9H3/b26-20-. The van der Waals surface area contributed by atoms with Gasteiger partial charge in [-0.3, -0.25) is 0 Å². The van der Waals surface area contributed by atoms with E-state index in [-0.39, 0.29) is 0 Å². The molecule has 0 bridgehead atoms. The molecule has 0 spiro atoms. The molecule has 0 radical (unpaired) electrons. The second-order valence-corrected chi connectivity index (χ2v) is 10.1. The first-order valence-electron chi connectivity index (χ1n) is 11.2. The minimum Gasteiger partial charge on any atom is -0.494 e. The quantitative estimate of drug-likeness (QED) is 0.615. The largest absolute Gasteiger partial charge is 0.494 e. The molecular formula is C27H40N2O. The Morgan fingerprint density at radius 3 is 2.17 bits per heavy atom. The van der Waals surface area contributed by atoms with Gasteiger partial charge in [0.2, 0.25) is 0 Å². The van der Waals surface area contributed by atoms with Crippen LogP contribution in [0.3, 0.4) is 0 Å². The summed E-state index contributed by atoms with van der Waals surface area (Å²) in [6.07, 6.45) is 3.04. The Bertz CT molecular complexity index is 962. The van der Waals surface area contributed by atoms with E-state index in [4.69, 9.17) is 4.74 Å². The van der Waals surface area contributed by atoms with Gasteiger partial charge >= 0.3 is 0 Å². The molecule has 1 aromatic heterocycles. The molecule has 1 aromatic carbocycles. The van der Waals surface area contributed by atoms with Crippen LogP contribution in [0.25, 0.3) is 11.1 Å². The molecule has 3 nitrogen and oxygen atoms in total. The van der Waals surface area contributed by atoms with Crippen molar-refractivity contribution >= 4 is 11.1 Å². The minimum atomic E-state index is 0.321. The Balaban J connectivity index is 2.49. The molecule has 0 aliphatic carbocycles. The highest BCUT2D eigenvalue weighted by Crippen LogP contribution is 2.25. The molecule has 3 heteroatoms. The van der Waals surface area contributed by atoms with Crippen LogP contribution >= 0.6 is 0 Å². The van der Waals surface area contributed by atoms with Crippen molar-refractivity contribution in [3.05, 3.63) is 51.7 Å². The third-order valence-corrected chi connectivity index (χ3v) is 5.35. The van der Waals surface area contributed by atoms with Gasteiger partial charge in [-0.1, -0.05) is 51.0 Å². The van der Waals surface area contributed by atoms with Crippen LogP contribution in [-0.4, -0.2) is 16.8 Å². The van der Waals surface area contributed by atoms with Crippen molar-refractivity contribution in [1.82, 2.24) is 10.2 Å². The lowest BCUT2D eigenvalue weighted by atomic mass is 9.83. The molecule has 1 atom stereocenters. The number of nitrogens with zero attached hydrogens (tertiary/aromatic N) is 2. The van der Waals surface area contributed by atoms with E-state index in [9.17, 15) is 0 Å². The molecule has 0 fully saturated rings. The molecule has 0 amide bonds. The number of hydrogen-bond acceptors (Lipinski definition) is 3. The molecule has 2 aromatic rings. The van der Waals surface area contributed by atoms with Gasteiger partial charge in [-0.15, -0.1) is 0 Å². The van der Waals surface area contributed by atoms with Crippen LogP contribution in [0.4, 0.5) is 0 Å². The summed E-state index contributed by atoms with van der Waals surface area (Å²) in [4.78, 5) is 0. The summed E-state index contributed by atoms with van der Waals surface area (Å²) in [5, 5.41) is 11.8. The summed E-state index contributed by atoms with van der Waals surface area (Å²) in [6, 6.07) is 8.43. The first-order chi connectivity index (χ1) is 14.0. The fourth-order valence-corrected chi connectivity index (χ4v) is 4.48. The number of benzene rings is 1. The van der Waals surface area contributed by atoms with E-state index in [0.717, 1.165) is 30.0 Å². The summed E-state index contributed by atoms with van der Waals surface area (Å²) < 4.78 is 5.58. The lowest BCUT2D eigenvalue weighted by Gasteiger charge is -2.23. The third-order valence-electron chi connectivity index (χ3n) is 5.35. The SMILES string of the molecule is CCOc1ccc(C/C(C)=c2/c(C)nnc(CC(C)CC(C)(C)C)c2=C(C)C)cc1. The molecule has 0 N–H and O–H groups in total. The zero-order valence-corrected chi connectivity index (χ0v) is 20.5. The highest BCUT2D eigenvalue weighted by Gasteiger charge is 2.18. The maximum absolute atomic E-state index is 5.58. The lowest BCUT2D eigenvalue weighted by molar-refractivity contribution is 0.304. The predicted octanol–water partition coefficient (Wildman–Crippen LogP) is 5.40. The normalized spacial score (nSPS) is 13.8. The summed E-state index contributed by atoms with van der Waals surface area (Å²) >= 11 is 0. The van der Waals surface area contributed by atoms with Crippen LogP contribution in [0.15, 0.2) is 24.3 Å². The van der Waals surface area contributed by atoms with E-state index in [2.05, 4.69) is 89.9 Å². The smallest absolute Gasteiger partial charge is 0.119 e. The van der Waals surface area contributed by atoms with Gasteiger partial charge in [0.05, 0.1) is 18.0 Å². The molecule has 1 unspecified atom stereocenters. The fourth-order valence-electron chi connectivity index (χ4n) is 4.48. The van der Waals surface area contributed by atoms with Gasteiger partial charge in [-0.05, 0) is 82.9 Å². The van der Waals surface area contributed by atoms with E-state index < -0.39 is 0 Å². The van der Waals surface area contributed by atoms with Crippen LogP contribution in [0.5, 0.6) is 5.75 Å². The van der Waals surface area contributed by atoms with Crippen molar-refractivity contribution < 1.29 is 4.74 Å². The number of aryl methyl sites for hydroxylation is 1. The molecule has 0 saturated heterocycles. The van der Waals surface area contributed by atoms with Gasteiger partial charge in [-0.25, -0.2) is 0 Å². The van der Waals surface area contributed by atoms with E-state index >= 15 is 0 Å². The maximum atomic E-state index is 5.58.